The second kappa shape index (κ2) is 16.5. The lowest BCUT2D eigenvalue weighted by Crippen LogP contribution is -2.52. The predicted molar refractivity (Wildman–Crippen MR) is 174 cm³/mol. The maximum Gasteiger partial charge on any atom is 0.408 e. The summed E-state index contributed by atoms with van der Waals surface area (Å²) < 4.78 is 16.3. The third-order valence-electron chi connectivity index (χ3n) is 9.57. The second-order valence-corrected chi connectivity index (χ2v) is 12.8. The normalized spacial score (nSPS) is 23.9. The number of ether oxygens (including phenoxy) is 3. The summed E-state index contributed by atoms with van der Waals surface area (Å²) in [6.07, 6.45) is 8.58. The molecule has 2 saturated carbocycles. The molecule has 1 aromatic carbocycles. The molecule has 1 N–H and O–H groups in total. The molecule has 3 fully saturated rings. The zero-order valence-corrected chi connectivity index (χ0v) is 27.4. The number of nitrogens with zero attached hydrogens (tertiary/aromatic N) is 2. The summed E-state index contributed by atoms with van der Waals surface area (Å²) in [6, 6.07) is 2.86. The molecule has 1 saturated heterocycles. The largest absolute Gasteiger partial charge is 0.469 e. The smallest absolute Gasteiger partial charge is 0.408 e. The van der Waals surface area contributed by atoms with E-state index in [1.807, 2.05) is 6.08 Å². The Labute approximate surface area is 280 Å². The van der Waals surface area contributed by atoms with Gasteiger partial charge in [-0.15, -0.1) is 13.2 Å². The van der Waals surface area contributed by atoms with Crippen LogP contribution in [-0.4, -0.2) is 77.5 Å². The molecular formula is C35H45N3O10. The van der Waals surface area contributed by atoms with E-state index in [0.29, 0.717) is 19.3 Å². The van der Waals surface area contributed by atoms with Crippen molar-refractivity contribution < 1.29 is 43.1 Å². The molecule has 0 aromatic heterocycles. The summed E-state index contributed by atoms with van der Waals surface area (Å²) in [4.78, 5) is 78.6. The molecule has 13 heteroatoms. The minimum absolute atomic E-state index is 0.0299. The molecule has 260 valence electrons. The molecule has 1 heterocycles. The number of hydrogen-bond donors (Lipinski definition) is 1. The lowest BCUT2D eigenvalue weighted by Gasteiger charge is -2.29. The van der Waals surface area contributed by atoms with E-state index in [-0.39, 0.29) is 42.7 Å². The van der Waals surface area contributed by atoms with Crippen LogP contribution < -0.4 is 5.32 Å². The van der Waals surface area contributed by atoms with Crippen LogP contribution in [0.4, 0.5) is 10.5 Å². The maximum atomic E-state index is 14.2. The van der Waals surface area contributed by atoms with Crippen molar-refractivity contribution in [3.05, 3.63) is 65.3 Å². The topological polar surface area (TPSA) is 171 Å². The number of unbranched alkanes of at least 4 members (excludes halogenated alkanes) is 3. The van der Waals surface area contributed by atoms with Crippen LogP contribution in [0, 0.1) is 21.4 Å². The Kier molecular flexibility index (Phi) is 12.5. The molecule has 5 atom stereocenters. The zero-order valence-electron chi connectivity index (χ0n) is 27.4. The van der Waals surface area contributed by atoms with Gasteiger partial charge in [0.1, 0.15) is 18.2 Å². The molecule has 0 unspecified atom stereocenters. The van der Waals surface area contributed by atoms with Crippen LogP contribution in [0.5, 0.6) is 0 Å². The van der Waals surface area contributed by atoms with E-state index >= 15 is 0 Å². The number of rotatable bonds is 17. The molecule has 13 nitrogen and oxygen atoms in total. The number of carbonyl (C=O) groups is 5. The zero-order chi connectivity index (χ0) is 34.8. The van der Waals surface area contributed by atoms with Gasteiger partial charge < -0.3 is 24.4 Å². The molecule has 3 aliphatic rings. The second-order valence-electron chi connectivity index (χ2n) is 12.8. The van der Waals surface area contributed by atoms with E-state index in [4.69, 9.17) is 14.2 Å². The SMILES string of the molecule is C=CCCCCC[C@H](NC(=O)OC1CCCC1)C(=O)N1C[C@H](OC(=O)c2ccc([N+](=O)[O-])cc2)C[C@H]1C(=O)C[C@]1(C(=O)OC)C[C@H]1C=C. The van der Waals surface area contributed by atoms with Crippen LogP contribution in [0.3, 0.4) is 0 Å². The number of ketones is 1. The van der Waals surface area contributed by atoms with Gasteiger partial charge in [-0.2, -0.15) is 0 Å². The van der Waals surface area contributed by atoms with Crippen molar-refractivity contribution in [2.24, 2.45) is 11.3 Å². The van der Waals surface area contributed by atoms with Crippen LogP contribution in [0.15, 0.2) is 49.6 Å². The number of hydrogen-bond acceptors (Lipinski definition) is 10. The van der Waals surface area contributed by atoms with Gasteiger partial charge in [-0.1, -0.05) is 25.0 Å². The molecule has 0 spiro atoms. The Morgan fingerprint density at radius 2 is 1.77 bits per heavy atom. The Morgan fingerprint density at radius 1 is 1.06 bits per heavy atom. The molecule has 0 radical (unpaired) electrons. The fourth-order valence-corrected chi connectivity index (χ4v) is 6.76. The third-order valence-corrected chi connectivity index (χ3v) is 9.57. The number of nitrogens with one attached hydrogen (secondary N) is 1. The first-order valence-corrected chi connectivity index (χ1v) is 16.6. The molecular weight excluding hydrogens is 622 g/mol. The Balaban J connectivity index is 1.55. The Hall–Kier alpha value is -4.55. The number of nitro groups is 1. The van der Waals surface area contributed by atoms with E-state index in [1.54, 1.807) is 6.08 Å². The number of Topliss-reactive ketones (excluding diaryl/α,β-unsaturated/α-hetero) is 1. The molecule has 48 heavy (non-hydrogen) atoms. The quantitative estimate of drug-likeness (QED) is 0.0580. The third kappa shape index (κ3) is 8.87. The van der Waals surface area contributed by atoms with E-state index in [1.165, 1.54) is 36.3 Å². The molecule has 2 aliphatic carbocycles. The van der Waals surface area contributed by atoms with Crippen LogP contribution in [-0.2, 0) is 28.6 Å². The van der Waals surface area contributed by atoms with Crippen molar-refractivity contribution in [1.82, 2.24) is 10.2 Å². The van der Waals surface area contributed by atoms with Crippen molar-refractivity contribution in [1.29, 1.82) is 0 Å². The number of esters is 2. The van der Waals surface area contributed by atoms with Gasteiger partial charge in [-0.25, -0.2) is 9.59 Å². The van der Waals surface area contributed by atoms with Gasteiger partial charge >= 0.3 is 18.0 Å². The fourth-order valence-electron chi connectivity index (χ4n) is 6.76. The molecule has 1 aliphatic heterocycles. The number of benzene rings is 1. The average Bonchev–Trinajstić information content (AvgIpc) is 3.35. The van der Waals surface area contributed by atoms with Gasteiger partial charge in [0.15, 0.2) is 5.78 Å². The average molecular weight is 668 g/mol. The number of amides is 2. The number of nitro benzene ring substituents is 1. The Bertz CT molecular complexity index is 1390. The number of non-ortho nitro benzene ring substituents is 1. The number of carbonyl (C=O) groups excluding carboxylic acids is 5. The van der Waals surface area contributed by atoms with Crippen LogP contribution in [0.1, 0.15) is 87.4 Å². The minimum atomic E-state index is -1.08. The van der Waals surface area contributed by atoms with Gasteiger partial charge in [0.2, 0.25) is 5.91 Å². The van der Waals surface area contributed by atoms with E-state index in [0.717, 1.165) is 44.9 Å². The maximum absolute atomic E-state index is 14.2. The summed E-state index contributed by atoms with van der Waals surface area (Å²) in [7, 11) is 1.25. The molecule has 4 rings (SSSR count). The number of alkyl carbamates (subject to hydrolysis) is 1. The van der Waals surface area contributed by atoms with E-state index in [9.17, 15) is 34.1 Å². The lowest BCUT2D eigenvalue weighted by molar-refractivity contribution is -0.384. The van der Waals surface area contributed by atoms with Crippen molar-refractivity contribution in [3.63, 3.8) is 0 Å². The van der Waals surface area contributed by atoms with Crippen molar-refractivity contribution >= 4 is 35.4 Å². The van der Waals surface area contributed by atoms with Gasteiger partial charge in [-0.05, 0) is 69.4 Å². The number of likely N-dealkylation sites (tertiary alicyclic amines) is 1. The lowest BCUT2D eigenvalue weighted by atomic mass is 9.92. The highest BCUT2D eigenvalue weighted by Gasteiger charge is 2.61. The van der Waals surface area contributed by atoms with Gasteiger partial charge in [0.25, 0.3) is 5.69 Å². The van der Waals surface area contributed by atoms with Gasteiger partial charge in [0.05, 0.1) is 35.6 Å². The van der Waals surface area contributed by atoms with E-state index in [2.05, 4.69) is 18.5 Å². The summed E-state index contributed by atoms with van der Waals surface area (Å²) in [6.45, 7) is 7.38. The van der Waals surface area contributed by atoms with Gasteiger partial charge in [-0.3, -0.25) is 24.5 Å². The first kappa shape index (κ1) is 36.3. The number of allylic oxidation sites excluding steroid dienone is 2. The predicted octanol–water partition coefficient (Wildman–Crippen LogP) is 5.22. The summed E-state index contributed by atoms with van der Waals surface area (Å²) in [5.41, 5.74) is -1.20. The summed E-state index contributed by atoms with van der Waals surface area (Å²) in [5, 5.41) is 13.8. The Morgan fingerprint density at radius 3 is 2.38 bits per heavy atom. The standard InChI is InChI=1S/C35H45N3O10/c1-4-6-7-8-9-14-28(36-34(43)48-26-12-10-11-13-26)31(40)37-22-27(47-32(41)23-15-17-25(18-16-23)38(44)45)19-29(37)30(39)21-35(33(42)46-3)20-24(35)5-2/h4-5,15-18,24,26-29H,1-2,6-14,19-22H2,3H3,(H,36,43)/t24-,27-,28+,29+,35-/m1/s1. The van der Waals surface area contributed by atoms with Crippen LogP contribution >= 0.6 is 0 Å². The van der Waals surface area contributed by atoms with Crippen molar-refractivity contribution in [2.45, 2.75) is 101 Å². The first-order valence-electron chi connectivity index (χ1n) is 16.6. The van der Waals surface area contributed by atoms with Crippen LogP contribution in [0.2, 0.25) is 0 Å². The van der Waals surface area contributed by atoms with Crippen LogP contribution in [0.25, 0.3) is 0 Å². The highest BCUT2D eigenvalue weighted by atomic mass is 16.6. The molecule has 1 aromatic rings. The highest BCUT2D eigenvalue weighted by Crippen LogP contribution is 2.57. The monoisotopic (exact) mass is 667 g/mol. The summed E-state index contributed by atoms with van der Waals surface area (Å²) in [5.74, 6) is -2.48. The summed E-state index contributed by atoms with van der Waals surface area (Å²) >= 11 is 0. The van der Waals surface area contributed by atoms with Crippen molar-refractivity contribution in [2.75, 3.05) is 13.7 Å². The first-order chi connectivity index (χ1) is 23.0. The van der Waals surface area contributed by atoms with Crippen molar-refractivity contribution in [3.8, 4) is 0 Å². The fraction of sp³-hybridized carbons (Fsp3) is 0.571. The molecule has 2 amide bonds. The molecule has 0 bridgehead atoms. The number of methoxy groups -OCH3 is 1. The minimum Gasteiger partial charge on any atom is -0.469 e. The van der Waals surface area contributed by atoms with E-state index < -0.39 is 58.2 Å². The highest BCUT2D eigenvalue weighted by molar-refractivity contribution is 5.96. The van der Waals surface area contributed by atoms with Gasteiger partial charge in [0, 0.05) is 25.0 Å².